The molecular formula is C21H21NO10. The van der Waals surface area contributed by atoms with Crippen LogP contribution in [0.25, 0.3) is 0 Å². The summed E-state index contributed by atoms with van der Waals surface area (Å²) in [5.41, 5.74) is 1.12. The molecule has 0 bridgehead atoms. The van der Waals surface area contributed by atoms with Crippen LogP contribution in [0.4, 0.5) is 11.4 Å². The van der Waals surface area contributed by atoms with E-state index in [0.717, 1.165) is 0 Å². The van der Waals surface area contributed by atoms with E-state index in [-0.39, 0.29) is 16.8 Å². The minimum absolute atomic E-state index is 0.0316. The van der Waals surface area contributed by atoms with E-state index in [2.05, 4.69) is 5.32 Å². The van der Waals surface area contributed by atoms with Crippen molar-refractivity contribution in [1.29, 1.82) is 0 Å². The Labute approximate surface area is 181 Å². The number of hydrogen-bond acceptors (Lipinski definition) is 9. The number of carbonyl (C=O) groups excluding carboxylic acids is 1. The third kappa shape index (κ3) is 4.55. The Morgan fingerprint density at radius 3 is 2.16 bits per heavy atom. The first-order chi connectivity index (χ1) is 15.1. The molecule has 5 unspecified atom stereocenters. The smallest absolute Gasteiger partial charge is 0.342 e. The summed E-state index contributed by atoms with van der Waals surface area (Å²) in [6.45, 7) is 1.59. The van der Waals surface area contributed by atoms with Gasteiger partial charge in [-0.15, -0.1) is 0 Å². The lowest BCUT2D eigenvalue weighted by Crippen LogP contribution is -2.60. The number of nitrogens with one attached hydrogen (secondary N) is 1. The molecule has 32 heavy (non-hydrogen) atoms. The van der Waals surface area contributed by atoms with Crippen LogP contribution in [0.15, 0.2) is 42.5 Å². The van der Waals surface area contributed by atoms with Crippen LogP contribution in [0, 0.1) is 6.92 Å². The Hall–Kier alpha value is -3.51. The lowest BCUT2D eigenvalue weighted by Gasteiger charge is -2.38. The fraction of sp³-hybridized carbons (Fsp3) is 0.286. The van der Waals surface area contributed by atoms with Crippen molar-refractivity contribution >= 4 is 29.3 Å². The predicted molar refractivity (Wildman–Crippen MR) is 108 cm³/mol. The van der Waals surface area contributed by atoms with Gasteiger partial charge >= 0.3 is 17.9 Å². The average molecular weight is 447 g/mol. The molecule has 0 saturated carbocycles. The van der Waals surface area contributed by atoms with Gasteiger partial charge in [0.25, 0.3) is 0 Å². The number of anilines is 2. The number of aliphatic hydroxyl groups is 3. The van der Waals surface area contributed by atoms with E-state index >= 15 is 0 Å². The summed E-state index contributed by atoms with van der Waals surface area (Å²) in [6.07, 6.45) is -9.50. The van der Waals surface area contributed by atoms with E-state index in [1.807, 2.05) is 0 Å². The monoisotopic (exact) mass is 447 g/mol. The molecule has 11 heteroatoms. The summed E-state index contributed by atoms with van der Waals surface area (Å²) in [5, 5.41) is 51.0. The van der Waals surface area contributed by atoms with Gasteiger partial charge in [-0.05, 0) is 36.8 Å². The van der Waals surface area contributed by atoms with E-state index in [4.69, 9.17) is 14.6 Å². The first-order valence-corrected chi connectivity index (χ1v) is 9.44. The number of aliphatic hydroxyl groups excluding tert-OH is 3. The Morgan fingerprint density at radius 1 is 0.875 bits per heavy atom. The Kier molecular flexibility index (Phi) is 6.75. The highest BCUT2D eigenvalue weighted by Gasteiger charge is 2.48. The third-order valence-electron chi connectivity index (χ3n) is 5.02. The molecule has 0 amide bonds. The Bertz CT molecular complexity index is 1040. The number of esters is 1. The molecule has 5 atom stereocenters. The molecule has 1 aliphatic heterocycles. The van der Waals surface area contributed by atoms with Crippen LogP contribution in [-0.2, 0) is 14.3 Å². The zero-order chi connectivity index (χ0) is 23.6. The van der Waals surface area contributed by atoms with Crippen molar-refractivity contribution in [2.24, 2.45) is 0 Å². The predicted octanol–water partition coefficient (Wildman–Crippen LogP) is 0.486. The van der Waals surface area contributed by atoms with Gasteiger partial charge in [-0.1, -0.05) is 18.2 Å². The van der Waals surface area contributed by atoms with Crippen molar-refractivity contribution in [2.45, 2.75) is 37.6 Å². The molecule has 0 aliphatic carbocycles. The van der Waals surface area contributed by atoms with Gasteiger partial charge in [-0.2, -0.15) is 0 Å². The zero-order valence-corrected chi connectivity index (χ0v) is 16.7. The molecule has 170 valence electrons. The largest absolute Gasteiger partial charge is 0.479 e. The standard InChI is InChI=1S/C21H21NO10/c1-9-10(18(26)27)6-4-8-12(9)22-13-7-3-2-5-11(13)20(30)32-21-16(25)14(23)15(24)17(31-21)19(28)29/h2-8,14-17,21-25H,1H3,(H,26,27)(H,28,29). The van der Waals surface area contributed by atoms with Gasteiger partial charge in [0, 0.05) is 5.69 Å². The van der Waals surface area contributed by atoms with Crippen molar-refractivity contribution in [2.75, 3.05) is 5.32 Å². The van der Waals surface area contributed by atoms with E-state index in [9.17, 15) is 34.8 Å². The first-order valence-electron chi connectivity index (χ1n) is 9.44. The number of carboxylic acids is 2. The molecule has 0 radical (unpaired) electrons. The number of para-hydroxylation sites is 1. The lowest BCUT2D eigenvalue weighted by molar-refractivity contribution is -0.278. The Morgan fingerprint density at radius 2 is 1.50 bits per heavy atom. The highest BCUT2D eigenvalue weighted by Crippen LogP contribution is 2.28. The molecular weight excluding hydrogens is 426 g/mol. The topological polar surface area (TPSA) is 183 Å². The fourth-order valence-electron chi connectivity index (χ4n) is 3.24. The van der Waals surface area contributed by atoms with Crippen LogP contribution < -0.4 is 5.32 Å². The normalized spacial score (nSPS) is 25.1. The second-order valence-electron chi connectivity index (χ2n) is 7.09. The van der Waals surface area contributed by atoms with E-state index in [1.165, 1.54) is 30.3 Å². The van der Waals surface area contributed by atoms with Crippen molar-refractivity contribution in [3.05, 3.63) is 59.2 Å². The number of carboxylic acid groups (broad SMARTS) is 2. The zero-order valence-electron chi connectivity index (χ0n) is 16.7. The van der Waals surface area contributed by atoms with Gasteiger partial charge in [0.2, 0.25) is 6.29 Å². The quantitative estimate of drug-likeness (QED) is 0.339. The van der Waals surface area contributed by atoms with Crippen molar-refractivity contribution in [3.8, 4) is 0 Å². The van der Waals surface area contributed by atoms with Crippen molar-refractivity contribution < 1.29 is 49.4 Å². The fourth-order valence-corrected chi connectivity index (χ4v) is 3.24. The van der Waals surface area contributed by atoms with Crippen LogP contribution in [0.1, 0.15) is 26.3 Å². The molecule has 6 N–H and O–H groups in total. The second-order valence-corrected chi connectivity index (χ2v) is 7.09. The maximum atomic E-state index is 12.8. The number of aliphatic carboxylic acids is 1. The molecule has 11 nitrogen and oxygen atoms in total. The van der Waals surface area contributed by atoms with Gasteiger partial charge in [0.15, 0.2) is 6.10 Å². The third-order valence-corrected chi connectivity index (χ3v) is 5.02. The van der Waals surface area contributed by atoms with Gasteiger partial charge < -0.3 is 40.3 Å². The van der Waals surface area contributed by atoms with E-state index < -0.39 is 48.6 Å². The highest BCUT2D eigenvalue weighted by molar-refractivity contribution is 5.97. The van der Waals surface area contributed by atoms with Crippen LogP contribution in [-0.4, -0.2) is 74.1 Å². The molecule has 1 heterocycles. The van der Waals surface area contributed by atoms with Crippen molar-refractivity contribution in [1.82, 2.24) is 0 Å². The van der Waals surface area contributed by atoms with Crippen LogP contribution in [0.5, 0.6) is 0 Å². The lowest BCUT2D eigenvalue weighted by atomic mass is 9.99. The minimum Gasteiger partial charge on any atom is -0.479 e. The van der Waals surface area contributed by atoms with E-state index in [1.54, 1.807) is 19.1 Å². The summed E-state index contributed by atoms with van der Waals surface area (Å²) in [7, 11) is 0. The van der Waals surface area contributed by atoms with Crippen LogP contribution in [0.3, 0.4) is 0 Å². The second kappa shape index (κ2) is 9.32. The van der Waals surface area contributed by atoms with Gasteiger partial charge in [-0.25, -0.2) is 14.4 Å². The van der Waals surface area contributed by atoms with Crippen LogP contribution in [0.2, 0.25) is 0 Å². The number of rotatable bonds is 6. The van der Waals surface area contributed by atoms with E-state index in [0.29, 0.717) is 11.3 Å². The number of ether oxygens (including phenoxy) is 2. The summed E-state index contributed by atoms with van der Waals surface area (Å²) >= 11 is 0. The van der Waals surface area contributed by atoms with Gasteiger partial charge in [0.1, 0.15) is 18.3 Å². The Balaban J connectivity index is 1.84. The van der Waals surface area contributed by atoms with Gasteiger partial charge in [-0.3, -0.25) is 0 Å². The number of aromatic carboxylic acids is 1. The summed E-state index contributed by atoms with van der Waals surface area (Å²) in [5.74, 6) is -3.74. The molecule has 2 aromatic rings. The number of benzene rings is 2. The van der Waals surface area contributed by atoms with Gasteiger partial charge in [0.05, 0.1) is 16.8 Å². The summed E-state index contributed by atoms with van der Waals surface area (Å²) < 4.78 is 10.0. The van der Waals surface area contributed by atoms with Crippen molar-refractivity contribution in [3.63, 3.8) is 0 Å². The molecule has 1 saturated heterocycles. The average Bonchev–Trinajstić information content (AvgIpc) is 2.75. The first kappa shape index (κ1) is 23.2. The number of hydrogen-bond donors (Lipinski definition) is 6. The summed E-state index contributed by atoms with van der Waals surface area (Å²) in [6, 6.07) is 10.6. The summed E-state index contributed by atoms with van der Waals surface area (Å²) in [4.78, 5) is 35.3. The SMILES string of the molecule is Cc1c(Nc2ccccc2C(=O)OC2OC(C(=O)O)C(O)C(O)C2O)cccc1C(=O)O. The van der Waals surface area contributed by atoms with Crippen LogP contribution >= 0.6 is 0 Å². The highest BCUT2D eigenvalue weighted by atomic mass is 16.7. The number of carbonyl (C=O) groups is 3. The maximum absolute atomic E-state index is 12.8. The molecule has 3 rings (SSSR count). The maximum Gasteiger partial charge on any atom is 0.342 e. The molecule has 1 fully saturated rings. The molecule has 2 aromatic carbocycles. The minimum atomic E-state index is -1.92. The molecule has 0 spiro atoms. The molecule has 1 aliphatic rings. The molecule has 0 aromatic heterocycles.